The van der Waals surface area contributed by atoms with Gasteiger partial charge in [-0.15, -0.1) is 21.5 Å². The Kier molecular flexibility index (Phi) is 3.18. The summed E-state index contributed by atoms with van der Waals surface area (Å²) in [6.07, 6.45) is 3.54. The summed E-state index contributed by atoms with van der Waals surface area (Å²) in [5.41, 5.74) is 2.60. The van der Waals surface area contributed by atoms with Crippen molar-refractivity contribution in [1.29, 1.82) is 0 Å². The third kappa shape index (κ3) is 2.09. The number of fused-ring (bicyclic) bond motifs is 6. The molecule has 0 unspecified atom stereocenters. The predicted molar refractivity (Wildman–Crippen MR) is 107 cm³/mol. The van der Waals surface area contributed by atoms with Crippen LogP contribution in [-0.2, 0) is 12.8 Å². The molecule has 0 radical (unpaired) electrons. The summed E-state index contributed by atoms with van der Waals surface area (Å²) in [6.45, 7) is 1.97. The molecule has 1 aromatic carbocycles. The number of rotatable bonds is 2. The monoisotopic (exact) mass is 395 g/mol. The Balaban J connectivity index is 1.58. The minimum Gasteiger partial charge on any atom is -0.260 e. The van der Waals surface area contributed by atoms with E-state index in [1.54, 1.807) is 23.1 Å². The van der Waals surface area contributed by atoms with Crippen LogP contribution >= 0.6 is 34.4 Å². The third-order valence-corrected chi connectivity index (χ3v) is 7.88. The molecule has 8 heteroatoms. The number of thiophene rings is 1. The lowest BCUT2D eigenvalue weighted by atomic mass is 10.2. The third-order valence-electron chi connectivity index (χ3n) is 4.74. The molecule has 0 atom stereocenters. The fourth-order valence-electron chi connectivity index (χ4n) is 3.65. The van der Waals surface area contributed by atoms with E-state index in [0.29, 0.717) is 0 Å². The van der Waals surface area contributed by atoms with E-state index in [2.05, 4.69) is 43.8 Å². The summed E-state index contributed by atoms with van der Waals surface area (Å²) >= 11 is 5.11. The van der Waals surface area contributed by atoms with E-state index in [9.17, 15) is 0 Å². The Labute approximate surface area is 161 Å². The summed E-state index contributed by atoms with van der Waals surface area (Å²) in [5, 5.41) is 11.9. The largest absolute Gasteiger partial charge is 0.260 e. The van der Waals surface area contributed by atoms with E-state index >= 15 is 0 Å². The quantitative estimate of drug-likeness (QED) is 0.398. The maximum absolute atomic E-state index is 4.78. The number of nitrogens with zero attached hydrogens (tertiary/aromatic N) is 5. The predicted octanol–water partition coefficient (Wildman–Crippen LogP) is 4.90. The molecule has 0 saturated heterocycles. The molecule has 4 aromatic heterocycles. The minimum absolute atomic E-state index is 0.816. The zero-order valence-electron chi connectivity index (χ0n) is 13.9. The molecule has 1 aliphatic rings. The van der Waals surface area contributed by atoms with Crippen LogP contribution in [0.5, 0.6) is 0 Å². The van der Waals surface area contributed by atoms with Crippen molar-refractivity contribution in [2.24, 2.45) is 0 Å². The summed E-state index contributed by atoms with van der Waals surface area (Å²) in [4.78, 5) is 13.0. The molecule has 1 aliphatic carbocycles. The fourth-order valence-corrected chi connectivity index (χ4v) is 7.07. The molecule has 0 fully saturated rings. The number of benzene rings is 1. The Morgan fingerprint density at radius 3 is 2.96 bits per heavy atom. The topological polar surface area (TPSA) is 56.0 Å². The number of para-hydroxylation sites is 1. The SMILES string of the molecule is Cc1nc(Sc2nnc3sc4ccccc4n23)c2c3c(sc2n1)CCC3. The van der Waals surface area contributed by atoms with Crippen LogP contribution in [0.25, 0.3) is 25.4 Å². The first-order valence-corrected chi connectivity index (χ1v) is 10.9. The fraction of sp³-hybridized carbons (Fsp3) is 0.222. The van der Waals surface area contributed by atoms with Gasteiger partial charge in [0.2, 0.25) is 10.1 Å². The molecular formula is C18H13N5S3. The molecule has 128 valence electrons. The zero-order chi connectivity index (χ0) is 17.3. The zero-order valence-corrected chi connectivity index (χ0v) is 16.3. The van der Waals surface area contributed by atoms with Crippen LogP contribution in [0, 0.1) is 6.92 Å². The number of aryl methyl sites for hydroxylation is 3. The molecule has 5 nitrogen and oxygen atoms in total. The van der Waals surface area contributed by atoms with Gasteiger partial charge in [-0.3, -0.25) is 4.40 Å². The molecule has 0 amide bonds. The van der Waals surface area contributed by atoms with E-state index in [1.807, 2.05) is 18.3 Å². The molecule has 6 rings (SSSR count). The van der Waals surface area contributed by atoms with E-state index < -0.39 is 0 Å². The normalized spacial score (nSPS) is 14.0. The Hall–Kier alpha value is -2.03. The Bertz CT molecular complexity index is 1310. The number of hydrogen-bond donors (Lipinski definition) is 0. The van der Waals surface area contributed by atoms with Gasteiger partial charge in [0, 0.05) is 10.3 Å². The van der Waals surface area contributed by atoms with Gasteiger partial charge in [-0.2, -0.15) is 0 Å². The molecule has 0 saturated carbocycles. The molecule has 26 heavy (non-hydrogen) atoms. The maximum atomic E-state index is 4.78. The second-order valence-electron chi connectivity index (χ2n) is 6.39. The molecule has 0 bridgehead atoms. The van der Waals surface area contributed by atoms with E-state index in [-0.39, 0.29) is 0 Å². The summed E-state index contributed by atoms with van der Waals surface area (Å²) in [7, 11) is 0. The van der Waals surface area contributed by atoms with Crippen LogP contribution in [0.2, 0.25) is 0 Å². The van der Waals surface area contributed by atoms with Gasteiger partial charge >= 0.3 is 0 Å². The number of hydrogen-bond acceptors (Lipinski definition) is 7. The molecule has 0 spiro atoms. The molecular weight excluding hydrogens is 382 g/mol. The van der Waals surface area contributed by atoms with Crippen molar-refractivity contribution in [3.63, 3.8) is 0 Å². The van der Waals surface area contributed by atoms with E-state index in [4.69, 9.17) is 4.98 Å². The second kappa shape index (κ2) is 5.48. The van der Waals surface area contributed by atoms with Crippen LogP contribution in [0.1, 0.15) is 22.7 Å². The highest BCUT2D eigenvalue weighted by Crippen LogP contribution is 2.42. The van der Waals surface area contributed by atoms with Crippen molar-refractivity contribution in [3.8, 4) is 0 Å². The van der Waals surface area contributed by atoms with Crippen LogP contribution in [-0.4, -0.2) is 24.6 Å². The second-order valence-corrected chi connectivity index (χ2v) is 9.43. The van der Waals surface area contributed by atoms with Gasteiger partial charge in [0.15, 0.2) is 0 Å². The van der Waals surface area contributed by atoms with Crippen molar-refractivity contribution in [2.75, 3.05) is 0 Å². The van der Waals surface area contributed by atoms with Crippen molar-refractivity contribution < 1.29 is 0 Å². The molecule has 4 heterocycles. The van der Waals surface area contributed by atoms with Gasteiger partial charge in [-0.25, -0.2) is 9.97 Å². The lowest BCUT2D eigenvalue weighted by Gasteiger charge is -2.04. The summed E-state index contributed by atoms with van der Waals surface area (Å²) in [6, 6.07) is 8.36. The number of aromatic nitrogens is 5. The van der Waals surface area contributed by atoms with Crippen LogP contribution in [0.3, 0.4) is 0 Å². The standard InChI is InChI=1S/C18H13N5S3/c1-9-19-15-14(10-5-4-8-12(10)24-15)16(20-9)26-18-22-21-17-23(18)11-6-2-3-7-13(11)25-17/h2-3,6-7H,4-5,8H2,1H3. The smallest absolute Gasteiger partial charge is 0.217 e. The highest BCUT2D eigenvalue weighted by molar-refractivity contribution is 7.99. The van der Waals surface area contributed by atoms with Crippen LogP contribution in [0.4, 0.5) is 0 Å². The van der Waals surface area contributed by atoms with Crippen molar-refractivity contribution in [3.05, 3.63) is 40.5 Å². The molecule has 5 aromatic rings. The van der Waals surface area contributed by atoms with Gasteiger partial charge in [-0.05, 0) is 55.6 Å². The summed E-state index contributed by atoms with van der Waals surface area (Å²) in [5.74, 6) is 0.816. The highest BCUT2D eigenvalue weighted by Gasteiger charge is 2.23. The van der Waals surface area contributed by atoms with E-state index in [0.717, 1.165) is 37.7 Å². The highest BCUT2D eigenvalue weighted by atomic mass is 32.2. The first kappa shape index (κ1) is 15.1. The molecule has 0 aliphatic heterocycles. The first-order valence-electron chi connectivity index (χ1n) is 8.47. The van der Waals surface area contributed by atoms with Gasteiger partial charge in [0.25, 0.3) is 0 Å². The summed E-state index contributed by atoms with van der Waals surface area (Å²) < 4.78 is 3.36. The number of thiazole rings is 1. The van der Waals surface area contributed by atoms with Crippen molar-refractivity contribution in [1.82, 2.24) is 24.6 Å². The minimum atomic E-state index is 0.816. The first-order chi connectivity index (χ1) is 12.8. The van der Waals surface area contributed by atoms with E-state index in [1.165, 1.54) is 33.4 Å². The van der Waals surface area contributed by atoms with Crippen LogP contribution < -0.4 is 0 Å². The Morgan fingerprint density at radius 2 is 2.00 bits per heavy atom. The average Bonchev–Trinajstić information content (AvgIpc) is 3.34. The lowest BCUT2D eigenvalue weighted by Crippen LogP contribution is -1.94. The van der Waals surface area contributed by atoms with Gasteiger partial charge in [-0.1, -0.05) is 23.5 Å². The van der Waals surface area contributed by atoms with Crippen molar-refractivity contribution in [2.45, 2.75) is 36.4 Å². The maximum Gasteiger partial charge on any atom is 0.217 e. The lowest BCUT2D eigenvalue weighted by molar-refractivity contribution is 0.912. The van der Waals surface area contributed by atoms with Crippen LogP contribution in [0.15, 0.2) is 34.4 Å². The molecule has 0 N–H and O–H groups in total. The Morgan fingerprint density at radius 1 is 1.08 bits per heavy atom. The average molecular weight is 396 g/mol. The van der Waals surface area contributed by atoms with Gasteiger partial charge in [0.05, 0.1) is 10.2 Å². The van der Waals surface area contributed by atoms with Crippen molar-refractivity contribution >= 4 is 59.8 Å². The van der Waals surface area contributed by atoms with Gasteiger partial charge < -0.3 is 0 Å². The van der Waals surface area contributed by atoms with Gasteiger partial charge in [0.1, 0.15) is 15.7 Å².